The standard InChI is InChI=1S/C43H64FN7O11/c1-12-31-43(9,56)38-25(4)34(46-27(6)52)23(2)19-41(7,58-21-29(20-57-38)49-59-22-28-16-17-51(48-28)33-15-13-14-32(45)47-33)37(26(5)36(54)42(8,44)40(55)61-31)62-39-35(53)30(50(10)11)18-24(3)60-39/h13-17,23-26,30-31,35,37-39,53,56H,12,18-22H2,1-11H3,(H2,45,47)/b46-34?,49-29+/t23-,24-,25+,26+,30+,31-,35-,37-,38+,39+,41-,42+,43-/m1/s1. The highest BCUT2D eigenvalue weighted by atomic mass is 19.1. The number of amides is 1. The first kappa shape index (κ1) is 48.8. The second-order valence-corrected chi connectivity index (χ2v) is 17.7. The number of aliphatic hydroxyl groups is 2. The number of ether oxygens (including phenoxy) is 5. The minimum absolute atomic E-state index is 0.00958. The molecule has 3 saturated heterocycles. The average Bonchev–Trinajstić information content (AvgIpc) is 3.67. The van der Waals surface area contributed by atoms with Crippen LogP contribution in [0.25, 0.3) is 5.82 Å². The summed E-state index contributed by atoms with van der Waals surface area (Å²) in [5.41, 5.74) is -0.0305. The van der Waals surface area contributed by atoms with Crippen LogP contribution in [0.1, 0.15) is 87.3 Å². The molecule has 0 unspecified atom stereocenters. The van der Waals surface area contributed by atoms with E-state index in [0.717, 1.165) is 6.92 Å². The number of rotatable bonds is 8. The fraction of sp³-hybridized carbons (Fsp3) is 0.698. The molecule has 1 amide bonds. The van der Waals surface area contributed by atoms with Gasteiger partial charge in [-0.3, -0.25) is 9.59 Å². The monoisotopic (exact) mass is 873 g/mol. The Balaban J connectivity index is 1.66. The number of nitrogen functional groups attached to an aromatic ring is 1. The molecule has 0 aliphatic carbocycles. The molecule has 3 aliphatic heterocycles. The summed E-state index contributed by atoms with van der Waals surface area (Å²) in [6.45, 7) is 12.8. The van der Waals surface area contributed by atoms with E-state index in [-0.39, 0.29) is 38.4 Å². The maximum absolute atomic E-state index is 16.9. The van der Waals surface area contributed by atoms with Gasteiger partial charge in [-0.25, -0.2) is 23.8 Å². The lowest BCUT2D eigenvalue weighted by Gasteiger charge is -2.47. The van der Waals surface area contributed by atoms with Gasteiger partial charge in [-0.1, -0.05) is 38.9 Å². The maximum atomic E-state index is 16.9. The van der Waals surface area contributed by atoms with E-state index in [0.29, 0.717) is 29.5 Å². The molecule has 0 spiro atoms. The number of aliphatic imine (C=N–C) groups is 1. The highest BCUT2D eigenvalue weighted by molar-refractivity contribution is 6.08. The highest BCUT2D eigenvalue weighted by Crippen LogP contribution is 2.41. The number of carbonyl (C=O) groups is 3. The number of ketones is 1. The van der Waals surface area contributed by atoms with E-state index in [9.17, 15) is 24.6 Å². The summed E-state index contributed by atoms with van der Waals surface area (Å²) >= 11 is 0. The SMILES string of the molecule is CC[C@H]1OC(=O)[C@@](C)(F)C(=O)[C@H](C)[C@@H](O[C@@H]2O[C@H](C)C[C@H](N(C)C)[C@H]2O)[C@@]2(C)C[C@@H](C)C(=NC(C)=O)[C@H](C)[C@H](OC/C(=N\OCc3ccn(-c4cccc(N)n4)n3)CO2)[C@]1(C)O. The Hall–Kier alpha value is -4.24. The van der Waals surface area contributed by atoms with Gasteiger partial charge >= 0.3 is 5.97 Å². The summed E-state index contributed by atoms with van der Waals surface area (Å²) in [6.07, 6.45) is -4.90. The van der Waals surface area contributed by atoms with Crippen LogP contribution in [0, 0.1) is 17.8 Å². The number of nitrogens with two attached hydrogens (primary N) is 1. The zero-order chi connectivity index (χ0) is 45.9. The molecule has 13 atom stereocenters. The van der Waals surface area contributed by atoms with Crippen LogP contribution in [0.5, 0.6) is 0 Å². The number of hydrogen-bond acceptors (Lipinski definition) is 16. The number of aromatic nitrogens is 3. The fourth-order valence-electron chi connectivity index (χ4n) is 8.93. The predicted molar refractivity (Wildman–Crippen MR) is 225 cm³/mol. The van der Waals surface area contributed by atoms with Crippen molar-refractivity contribution in [3.63, 3.8) is 0 Å². The Morgan fingerprint density at radius 3 is 2.47 bits per heavy atom. The van der Waals surface area contributed by atoms with Gasteiger partial charge in [0.15, 0.2) is 24.5 Å². The molecule has 62 heavy (non-hydrogen) atoms. The van der Waals surface area contributed by atoms with Crippen LogP contribution in [-0.4, -0.2) is 146 Å². The van der Waals surface area contributed by atoms with E-state index in [4.69, 9.17) is 34.3 Å². The summed E-state index contributed by atoms with van der Waals surface area (Å²) in [5.74, 6) is -5.34. The van der Waals surface area contributed by atoms with Gasteiger partial charge in [0.05, 0.1) is 37.1 Å². The smallest absolute Gasteiger partial charge is 0.351 e. The second-order valence-electron chi connectivity index (χ2n) is 17.7. The van der Waals surface area contributed by atoms with Crippen LogP contribution in [0.4, 0.5) is 10.2 Å². The number of likely N-dealkylation sites (N-methyl/N-ethyl adjacent to an activating group) is 1. The van der Waals surface area contributed by atoms with Gasteiger partial charge in [-0.15, -0.1) is 0 Å². The molecule has 2 bridgehead atoms. The molecule has 18 nitrogen and oxygen atoms in total. The van der Waals surface area contributed by atoms with Crippen molar-refractivity contribution in [2.45, 2.75) is 148 Å². The van der Waals surface area contributed by atoms with Crippen LogP contribution in [-0.2, 0) is 49.5 Å². The van der Waals surface area contributed by atoms with E-state index in [1.807, 2.05) is 32.8 Å². The van der Waals surface area contributed by atoms with Crippen molar-refractivity contribution in [3.8, 4) is 5.82 Å². The van der Waals surface area contributed by atoms with Crippen molar-refractivity contribution in [2.75, 3.05) is 33.0 Å². The quantitative estimate of drug-likeness (QED) is 0.196. The molecule has 19 heteroatoms. The number of halogens is 1. The van der Waals surface area contributed by atoms with Crippen molar-refractivity contribution >= 4 is 34.9 Å². The molecule has 2 aromatic rings. The average molecular weight is 874 g/mol. The van der Waals surface area contributed by atoms with Crippen molar-refractivity contribution < 1.29 is 57.5 Å². The molecule has 0 aromatic carbocycles. The number of Topliss-reactive ketones (excluding diaryl/α,β-unsaturated/α-hetero) is 1. The number of fused-ring (bicyclic) bond motifs is 5. The molecular weight excluding hydrogens is 810 g/mol. The van der Waals surface area contributed by atoms with Crippen LogP contribution < -0.4 is 5.73 Å². The number of esters is 1. The van der Waals surface area contributed by atoms with Crippen LogP contribution >= 0.6 is 0 Å². The Morgan fingerprint density at radius 2 is 1.82 bits per heavy atom. The van der Waals surface area contributed by atoms with E-state index in [1.165, 1.54) is 25.5 Å². The summed E-state index contributed by atoms with van der Waals surface area (Å²) in [5, 5.41) is 33.0. The second kappa shape index (κ2) is 19.7. The third-order valence-electron chi connectivity index (χ3n) is 12.2. The normalized spacial score (nSPS) is 38.0. The summed E-state index contributed by atoms with van der Waals surface area (Å²) in [7, 11) is 3.62. The van der Waals surface area contributed by atoms with Gasteiger partial charge in [-0.2, -0.15) is 5.10 Å². The highest BCUT2D eigenvalue weighted by Gasteiger charge is 2.56. The first-order valence-corrected chi connectivity index (χ1v) is 21.1. The van der Waals surface area contributed by atoms with Crippen LogP contribution in [0.2, 0.25) is 0 Å². The topological polar surface area (TPSA) is 232 Å². The Morgan fingerprint density at radius 1 is 1.11 bits per heavy atom. The number of nitrogens with zero attached hydrogens (tertiary/aromatic N) is 6. The largest absolute Gasteiger partial charge is 0.457 e. The lowest BCUT2D eigenvalue weighted by molar-refractivity contribution is -0.296. The van der Waals surface area contributed by atoms with Gasteiger partial charge in [0, 0.05) is 36.7 Å². The first-order chi connectivity index (χ1) is 29.0. The predicted octanol–water partition coefficient (Wildman–Crippen LogP) is 3.38. The van der Waals surface area contributed by atoms with Crippen molar-refractivity contribution in [1.29, 1.82) is 0 Å². The van der Waals surface area contributed by atoms with Gasteiger partial charge in [0.2, 0.25) is 5.91 Å². The summed E-state index contributed by atoms with van der Waals surface area (Å²) < 4.78 is 50.3. The molecular formula is C43H64FN7O11. The Labute approximate surface area is 362 Å². The third-order valence-corrected chi connectivity index (χ3v) is 12.2. The maximum Gasteiger partial charge on any atom is 0.351 e. The Bertz CT molecular complexity index is 1970. The van der Waals surface area contributed by atoms with Gasteiger partial charge < -0.3 is 49.4 Å². The molecule has 3 fully saturated rings. The van der Waals surface area contributed by atoms with E-state index >= 15 is 4.39 Å². The Kier molecular flexibility index (Phi) is 15.5. The third kappa shape index (κ3) is 10.7. The minimum atomic E-state index is -3.23. The van der Waals surface area contributed by atoms with Crippen molar-refractivity contribution in [1.82, 2.24) is 19.7 Å². The summed E-state index contributed by atoms with van der Waals surface area (Å²) in [6, 6.07) is 6.46. The number of anilines is 1. The zero-order valence-corrected chi connectivity index (χ0v) is 37.6. The number of pyridine rings is 1. The fourth-order valence-corrected chi connectivity index (χ4v) is 8.93. The minimum Gasteiger partial charge on any atom is -0.457 e. The van der Waals surface area contributed by atoms with Crippen LogP contribution in [0.15, 0.2) is 40.6 Å². The van der Waals surface area contributed by atoms with E-state index in [1.54, 1.807) is 51.2 Å². The van der Waals surface area contributed by atoms with E-state index < -0.39 is 95.1 Å². The molecule has 344 valence electrons. The van der Waals surface area contributed by atoms with Gasteiger partial charge in [0.1, 0.15) is 35.0 Å². The first-order valence-electron chi connectivity index (χ1n) is 21.1. The molecule has 5 rings (SSSR count). The number of cyclic esters (lactones) is 1. The van der Waals surface area contributed by atoms with Crippen molar-refractivity contribution in [3.05, 3.63) is 36.2 Å². The number of aliphatic hydroxyl groups excluding tert-OH is 1. The van der Waals surface area contributed by atoms with Crippen molar-refractivity contribution in [2.24, 2.45) is 27.9 Å². The van der Waals surface area contributed by atoms with Gasteiger partial charge in [-0.05, 0) is 85.2 Å². The van der Waals surface area contributed by atoms with Crippen LogP contribution in [0.3, 0.4) is 0 Å². The van der Waals surface area contributed by atoms with Gasteiger partial charge in [0.25, 0.3) is 5.67 Å². The zero-order valence-electron chi connectivity index (χ0n) is 37.6. The lowest BCUT2D eigenvalue weighted by Crippen LogP contribution is -2.61. The molecule has 4 N–H and O–H groups in total. The number of carbonyl (C=O) groups excluding carboxylic acids is 3. The molecule has 3 aliphatic rings. The number of hydrogen-bond donors (Lipinski definition) is 3. The number of oxime groups is 1. The van der Waals surface area contributed by atoms with E-state index in [2.05, 4.69) is 20.2 Å². The molecule has 0 radical (unpaired) electrons. The molecule has 2 aromatic heterocycles. The molecule has 5 heterocycles. The number of alkyl halides is 1. The lowest BCUT2D eigenvalue weighted by atomic mass is 9.73. The molecule has 0 saturated carbocycles. The summed E-state index contributed by atoms with van der Waals surface area (Å²) in [4.78, 5) is 57.5.